The van der Waals surface area contributed by atoms with Gasteiger partial charge in [0.05, 0.1) is 6.61 Å². The number of aliphatic carboxylic acids is 1. The standard InChI is InChI=1S/C17H18O3/c1-13-7-9-14(10-8-13)11-16(17(18)19)20-12-15-5-3-2-4-6-15/h2-10,16H,11-12H2,1H3,(H,18,19). The fraction of sp³-hybridized carbons (Fsp3) is 0.235. The predicted octanol–water partition coefficient (Wildman–Crippen LogP) is 3.21. The summed E-state index contributed by atoms with van der Waals surface area (Å²) in [5.41, 5.74) is 3.10. The van der Waals surface area contributed by atoms with Crippen LogP contribution in [0.4, 0.5) is 0 Å². The number of aryl methyl sites for hydroxylation is 1. The molecule has 1 N–H and O–H groups in total. The SMILES string of the molecule is Cc1ccc(CC(OCc2ccccc2)C(=O)O)cc1. The number of carboxylic acids is 1. The van der Waals surface area contributed by atoms with Crippen molar-refractivity contribution in [1.29, 1.82) is 0 Å². The minimum absolute atomic E-state index is 0.309. The van der Waals surface area contributed by atoms with Gasteiger partial charge in [0.2, 0.25) is 0 Å². The number of hydrogen-bond donors (Lipinski definition) is 1. The quantitative estimate of drug-likeness (QED) is 0.876. The van der Waals surface area contributed by atoms with Crippen LogP contribution in [-0.4, -0.2) is 17.2 Å². The number of carboxylic acid groups (broad SMARTS) is 1. The monoisotopic (exact) mass is 270 g/mol. The molecular weight excluding hydrogens is 252 g/mol. The Hall–Kier alpha value is -2.13. The van der Waals surface area contributed by atoms with Gasteiger partial charge in [-0.1, -0.05) is 60.2 Å². The van der Waals surface area contributed by atoms with E-state index in [9.17, 15) is 9.90 Å². The van der Waals surface area contributed by atoms with Crippen LogP contribution in [0.3, 0.4) is 0 Å². The van der Waals surface area contributed by atoms with Gasteiger partial charge in [0.1, 0.15) is 0 Å². The molecule has 0 spiro atoms. The number of ether oxygens (including phenoxy) is 1. The van der Waals surface area contributed by atoms with Crippen LogP contribution >= 0.6 is 0 Å². The third-order valence-corrected chi connectivity index (χ3v) is 3.11. The van der Waals surface area contributed by atoms with Crippen molar-refractivity contribution >= 4 is 5.97 Å². The summed E-state index contributed by atoms with van der Waals surface area (Å²) in [6.07, 6.45) is -0.444. The first-order chi connectivity index (χ1) is 9.65. The van der Waals surface area contributed by atoms with Crippen LogP contribution in [0.5, 0.6) is 0 Å². The summed E-state index contributed by atoms with van der Waals surface area (Å²) in [5.74, 6) is -0.929. The largest absolute Gasteiger partial charge is 0.479 e. The van der Waals surface area contributed by atoms with Crippen molar-refractivity contribution in [3.8, 4) is 0 Å². The van der Waals surface area contributed by atoms with E-state index in [1.165, 1.54) is 0 Å². The summed E-state index contributed by atoms with van der Waals surface area (Å²) in [6, 6.07) is 17.4. The molecule has 3 nitrogen and oxygen atoms in total. The Balaban J connectivity index is 1.97. The van der Waals surface area contributed by atoms with Crippen molar-refractivity contribution in [3.05, 3.63) is 71.3 Å². The van der Waals surface area contributed by atoms with Crippen molar-refractivity contribution in [2.24, 2.45) is 0 Å². The van der Waals surface area contributed by atoms with Gasteiger partial charge >= 0.3 is 5.97 Å². The van der Waals surface area contributed by atoms with Gasteiger partial charge in [0.25, 0.3) is 0 Å². The molecule has 104 valence electrons. The molecule has 0 aliphatic heterocycles. The molecule has 0 amide bonds. The molecule has 2 aromatic rings. The van der Waals surface area contributed by atoms with E-state index in [1.54, 1.807) is 0 Å². The Morgan fingerprint density at radius 2 is 1.70 bits per heavy atom. The lowest BCUT2D eigenvalue weighted by atomic mass is 10.1. The highest BCUT2D eigenvalue weighted by Gasteiger charge is 2.18. The van der Waals surface area contributed by atoms with E-state index in [0.717, 1.165) is 16.7 Å². The van der Waals surface area contributed by atoms with E-state index in [2.05, 4.69) is 0 Å². The van der Waals surface area contributed by atoms with Crippen LogP contribution in [0, 0.1) is 6.92 Å². The van der Waals surface area contributed by atoms with Gasteiger partial charge in [-0.25, -0.2) is 4.79 Å². The predicted molar refractivity (Wildman–Crippen MR) is 77.5 cm³/mol. The van der Waals surface area contributed by atoms with Crippen molar-refractivity contribution in [1.82, 2.24) is 0 Å². The molecule has 0 fully saturated rings. The van der Waals surface area contributed by atoms with Crippen molar-refractivity contribution in [3.63, 3.8) is 0 Å². The van der Waals surface area contributed by atoms with Gasteiger partial charge in [-0.3, -0.25) is 0 Å². The Kier molecular flexibility index (Phi) is 4.91. The number of benzene rings is 2. The molecule has 2 aromatic carbocycles. The van der Waals surface area contributed by atoms with Crippen LogP contribution in [0.15, 0.2) is 54.6 Å². The normalized spacial score (nSPS) is 12.1. The molecule has 0 aliphatic carbocycles. The van der Waals surface area contributed by atoms with Crippen molar-refractivity contribution < 1.29 is 14.6 Å². The molecular formula is C17H18O3. The lowest BCUT2D eigenvalue weighted by Gasteiger charge is -2.14. The molecule has 20 heavy (non-hydrogen) atoms. The summed E-state index contributed by atoms with van der Waals surface area (Å²) in [7, 11) is 0. The molecule has 0 radical (unpaired) electrons. The highest BCUT2D eigenvalue weighted by Crippen LogP contribution is 2.11. The van der Waals surface area contributed by atoms with Gasteiger partial charge in [-0.05, 0) is 18.1 Å². The summed E-state index contributed by atoms with van der Waals surface area (Å²) in [6.45, 7) is 2.31. The Bertz CT molecular complexity index is 546. The second-order valence-electron chi connectivity index (χ2n) is 4.81. The van der Waals surface area contributed by atoms with Gasteiger partial charge in [0.15, 0.2) is 6.10 Å². The molecule has 0 heterocycles. The lowest BCUT2D eigenvalue weighted by molar-refractivity contribution is -0.151. The van der Waals surface area contributed by atoms with Gasteiger partial charge in [-0.2, -0.15) is 0 Å². The van der Waals surface area contributed by atoms with E-state index >= 15 is 0 Å². The number of hydrogen-bond acceptors (Lipinski definition) is 2. The Labute approximate surface area is 118 Å². The summed E-state index contributed by atoms with van der Waals surface area (Å²) in [5, 5.41) is 9.24. The molecule has 0 saturated heterocycles. The fourth-order valence-electron chi connectivity index (χ4n) is 1.93. The maximum absolute atomic E-state index is 11.3. The minimum Gasteiger partial charge on any atom is -0.479 e. The zero-order chi connectivity index (χ0) is 14.4. The fourth-order valence-corrected chi connectivity index (χ4v) is 1.93. The van der Waals surface area contributed by atoms with Crippen LogP contribution in [-0.2, 0) is 22.6 Å². The molecule has 2 rings (SSSR count). The van der Waals surface area contributed by atoms with Gasteiger partial charge in [0, 0.05) is 6.42 Å². The molecule has 0 bridgehead atoms. The smallest absolute Gasteiger partial charge is 0.333 e. The lowest BCUT2D eigenvalue weighted by Crippen LogP contribution is -2.26. The maximum atomic E-state index is 11.3. The number of carbonyl (C=O) groups is 1. The summed E-state index contributed by atoms with van der Waals surface area (Å²) in [4.78, 5) is 11.3. The van der Waals surface area contributed by atoms with E-state index in [1.807, 2.05) is 61.5 Å². The zero-order valence-electron chi connectivity index (χ0n) is 11.5. The van der Waals surface area contributed by atoms with Gasteiger partial charge in [-0.15, -0.1) is 0 Å². The van der Waals surface area contributed by atoms with Crippen molar-refractivity contribution in [2.45, 2.75) is 26.1 Å². The average molecular weight is 270 g/mol. The molecule has 0 saturated carbocycles. The van der Waals surface area contributed by atoms with Crippen LogP contribution in [0.2, 0.25) is 0 Å². The zero-order valence-corrected chi connectivity index (χ0v) is 11.5. The first-order valence-electron chi connectivity index (χ1n) is 6.59. The van der Waals surface area contributed by atoms with Crippen molar-refractivity contribution in [2.75, 3.05) is 0 Å². The van der Waals surface area contributed by atoms with Gasteiger partial charge < -0.3 is 9.84 Å². The molecule has 0 aromatic heterocycles. The highest BCUT2D eigenvalue weighted by molar-refractivity contribution is 5.72. The average Bonchev–Trinajstić information content (AvgIpc) is 2.46. The first kappa shape index (κ1) is 14.3. The Morgan fingerprint density at radius 1 is 1.05 bits per heavy atom. The van der Waals surface area contributed by atoms with Crippen LogP contribution in [0.1, 0.15) is 16.7 Å². The molecule has 0 aliphatic rings. The summed E-state index contributed by atoms with van der Waals surface area (Å²) >= 11 is 0. The molecule has 1 unspecified atom stereocenters. The maximum Gasteiger partial charge on any atom is 0.333 e. The molecule has 1 atom stereocenters. The van der Waals surface area contributed by atoms with Crippen LogP contribution < -0.4 is 0 Å². The van der Waals surface area contributed by atoms with E-state index in [4.69, 9.17) is 4.74 Å². The van der Waals surface area contributed by atoms with E-state index in [0.29, 0.717) is 13.0 Å². The number of rotatable bonds is 6. The topological polar surface area (TPSA) is 46.5 Å². The van der Waals surface area contributed by atoms with E-state index in [-0.39, 0.29) is 0 Å². The second kappa shape index (κ2) is 6.87. The Morgan fingerprint density at radius 3 is 2.30 bits per heavy atom. The van der Waals surface area contributed by atoms with Crippen LogP contribution in [0.25, 0.3) is 0 Å². The first-order valence-corrected chi connectivity index (χ1v) is 6.59. The minimum atomic E-state index is -0.929. The summed E-state index contributed by atoms with van der Waals surface area (Å²) < 4.78 is 5.52. The second-order valence-corrected chi connectivity index (χ2v) is 4.81. The third kappa shape index (κ3) is 4.21. The highest BCUT2D eigenvalue weighted by atomic mass is 16.5. The van der Waals surface area contributed by atoms with E-state index < -0.39 is 12.1 Å². The third-order valence-electron chi connectivity index (χ3n) is 3.11. The molecule has 3 heteroatoms.